The molecule has 0 heterocycles. The molecule has 0 saturated carbocycles. The molecule has 0 fully saturated rings. The third-order valence-electron chi connectivity index (χ3n) is 2.80. The van der Waals surface area contributed by atoms with E-state index in [2.05, 4.69) is 0 Å². The van der Waals surface area contributed by atoms with Crippen molar-refractivity contribution in [3.63, 3.8) is 0 Å². The van der Waals surface area contributed by atoms with Crippen molar-refractivity contribution in [2.75, 3.05) is 6.61 Å². The van der Waals surface area contributed by atoms with E-state index in [-0.39, 0.29) is 18.1 Å². The monoisotopic (exact) mass is 276 g/mol. The first-order valence-corrected chi connectivity index (χ1v) is 6.33. The molecule has 0 bridgehead atoms. The molecule has 2 aromatic carbocycles. The van der Waals surface area contributed by atoms with Gasteiger partial charge in [-0.05, 0) is 18.6 Å². The van der Waals surface area contributed by atoms with Crippen LogP contribution >= 0.6 is 0 Å². The maximum absolute atomic E-state index is 13.3. The van der Waals surface area contributed by atoms with E-state index in [0.29, 0.717) is 18.4 Å². The predicted octanol–water partition coefficient (Wildman–Crippen LogP) is 4.01. The van der Waals surface area contributed by atoms with Gasteiger partial charge >= 0.3 is 0 Å². The molecule has 0 aliphatic heterocycles. The summed E-state index contributed by atoms with van der Waals surface area (Å²) in [6, 6.07) is 12.1. The van der Waals surface area contributed by atoms with Crippen molar-refractivity contribution in [1.29, 1.82) is 0 Å². The Hall–Kier alpha value is -2.23. The van der Waals surface area contributed by atoms with Crippen LogP contribution in [0.2, 0.25) is 0 Å². The van der Waals surface area contributed by atoms with Crippen LogP contribution in [0.15, 0.2) is 48.5 Å². The first-order chi connectivity index (χ1) is 9.66. The van der Waals surface area contributed by atoms with Crippen LogP contribution in [0.25, 0.3) is 0 Å². The molecule has 20 heavy (non-hydrogen) atoms. The fraction of sp³-hybridized carbons (Fsp3) is 0.188. The molecule has 0 unspecified atom stereocenters. The highest BCUT2D eigenvalue weighted by Gasteiger charge is 2.07. The molecule has 0 atom stereocenters. The first-order valence-electron chi connectivity index (χ1n) is 6.33. The maximum Gasteiger partial charge on any atom is 0.167 e. The zero-order valence-corrected chi connectivity index (χ0v) is 10.8. The van der Waals surface area contributed by atoms with Crippen molar-refractivity contribution >= 4 is 5.78 Å². The average molecular weight is 276 g/mol. The molecule has 2 aromatic rings. The van der Waals surface area contributed by atoms with Gasteiger partial charge < -0.3 is 4.74 Å². The van der Waals surface area contributed by atoms with Crippen LogP contribution in [0.5, 0.6) is 5.75 Å². The van der Waals surface area contributed by atoms with E-state index in [0.717, 1.165) is 12.1 Å². The molecule has 0 aliphatic rings. The lowest BCUT2D eigenvalue weighted by Crippen LogP contribution is -2.04. The van der Waals surface area contributed by atoms with Crippen LogP contribution in [-0.4, -0.2) is 12.4 Å². The van der Waals surface area contributed by atoms with E-state index in [4.69, 9.17) is 4.74 Å². The second-order valence-corrected chi connectivity index (χ2v) is 4.32. The van der Waals surface area contributed by atoms with Crippen LogP contribution in [0, 0.1) is 11.6 Å². The van der Waals surface area contributed by atoms with Gasteiger partial charge in [-0.3, -0.25) is 4.79 Å². The number of carbonyl (C=O) groups excluding carboxylic acids is 1. The molecule has 0 spiro atoms. The van der Waals surface area contributed by atoms with E-state index < -0.39 is 11.6 Å². The quantitative estimate of drug-likeness (QED) is 0.588. The summed E-state index contributed by atoms with van der Waals surface area (Å²) in [4.78, 5) is 11.8. The Kier molecular flexibility index (Phi) is 4.82. The van der Waals surface area contributed by atoms with Crippen molar-refractivity contribution in [2.24, 2.45) is 0 Å². The number of carbonyl (C=O) groups is 1. The summed E-state index contributed by atoms with van der Waals surface area (Å²) in [6.07, 6.45) is 0.803. The van der Waals surface area contributed by atoms with Gasteiger partial charge in [-0.1, -0.05) is 30.3 Å². The summed E-state index contributed by atoms with van der Waals surface area (Å²) >= 11 is 0. The van der Waals surface area contributed by atoms with Gasteiger partial charge in [0, 0.05) is 18.1 Å². The van der Waals surface area contributed by atoms with Crippen LogP contribution in [0.1, 0.15) is 23.2 Å². The van der Waals surface area contributed by atoms with Crippen molar-refractivity contribution in [3.05, 3.63) is 65.7 Å². The number of halogens is 2. The maximum atomic E-state index is 13.3. The lowest BCUT2D eigenvalue weighted by Gasteiger charge is -2.07. The third-order valence-corrected chi connectivity index (χ3v) is 2.80. The van der Waals surface area contributed by atoms with Crippen molar-refractivity contribution in [2.45, 2.75) is 12.8 Å². The van der Waals surface area contributed by atoms with Crippen molar-refractivity contribution in [1.82, 2.24) is 0 Å². The Morgan fingerprint density at radius 1 is 1.05 bits per heavy atom. The van der Waals surface area contributed by atoms with E-state index in [1.54, 1.807) is 24.3 Å². The van der Waals surface area contributed by atoms with E-state index in [1.165, 1.54) is 6.07 Å². The minimum Gasteiger partial charge on any atom is -0.491 e. The second kappa shape index (κ2) is 6.80. The molecular weight excluding hydrogens is 262 g/mol. The lowest BCUT2D eigenvalue weighted by molar-refractivity contribution is 0.0973. The SMILES string of the molecule is O=C(CCCOc1ccc(F)cc1F)c1ccccc1. The zero-order valence-electron chi connectivity index (χ0n) is 10.8. The number of ketones is 1. The van der Waals surface area contributed by atoms with Gasteiger partial charge in [-0.25, -0.2) is 8.78 Å². The molecule has 2 rings (SSSR count). The summed E-state index contributed by atoms with van der Waals surface area (Å²) < 4.78 is 31.1. The molecule has 0 aromatic heterocycles. The second-order valence-electron chi connectivity index (χ2n) is 4.32. The molecule has 0 N–H and O–H groups in total. The molecule has 2 nitrogen and oxygen atoms in total. The summed E-state index contributed by atoms with van der Waals surface area (Å²) in [5, 5.41) is 0. The Balaban J connectivity index is 1.78. The molecule has 0 radical (unpaired) electrons. The van der Waals surface area contributed by atoms with Crippen molar-refractivity contribution in [3.8, 4) is 5.75 Å². The average Bonchev–Trinajstić information content (AvgIpc) is 2.46. The Bertz CT molecular complexity index is 582. The Morgan fingerprint density at radius 3 is 2.50 bits per heavy atom. The largest absolute Gasteiger partial charge is 0.491 e. The van der Waals surface area contributed by atoms with Gasteiger partial charge in [0.05, 0.1) is 6.61 Å². The van der Waals surface area contributed by atoms with E-state index in [1.807, 2.05) is 6.07 Å². The highest BCUT2D eigenvalue weighted by Crippen LogP contribution is 2.18. The summed E-state index contributed by atoms with van der Waals surface area (Å²) in [5.41, 5.74) is 0.653. The Labute approximate surface area is 116 Å². The van der Waals surface area contributed by atoms with E-state index in [9.17, 15) is 13.6 Å². The molecule has 0 aliphatic carbocycles. The summed E-state index contributed by atoms with van der Waals surface area (Å²) in [5.74, 6) is -1.36. The molecule has 0 amide bonds. The number of ether oxygens (including phenoxy) is 1. The topological polar surface area (TPSA) is 26.3 Å². The van der Waals surface area contributed by atoms with Crippen LogP contribution in [0.4, 0.5) is 8.78 Å². The number of Topliss-reactive ketones (excluding diaryl/α,β-unsaturated/α-hetero) is 1. The van der Waals surface area contributed by atoms with Gasteiger partial charge in [-0.15, -0.1) is 0 Å². The summed E-state index contributed by atoms with van der Waals surface area (Å²) in [6.45, 7) is 0.209. The van der Waals surface area contributed by atoms with E-state index >= 15 is 0 Å². The highest BCUT2D eigenvalue weighted by atomic mass is 19.1. The van der Waals surface area contributed by atoms with Gasteiger partial charge in [0.2, 0.25) is 0 Å². The molecule has 104 valence electrons. The number of hydrogen-bond acceptors (Lipinski definition) is 2. The van der Waals surface area contributed by atoms with Gasteiger partial charge in [0.25, 0.3) is 0 Å². The number of hydrogen-bond donors (Lipinski definition) is 0. The predicted molar refractivity (Wildman–Crippen MR) is 71.9 cm³/mol. The number of benzene rings is 2. The minimum atomic E-state index is -0.737. The standard InChI is InChI=1S/C16H14F2O2/c17-13-8-9-16(14(18)11-13)20-10-4-7-15(19)12-5-2-1-3-6-12/h1-3,5-6,8-9,11H,4,7,10H2. The number of rotatable bonds is 6. The normalized spacial score (nSPS) is 10.3. The molecule has 4 heteroatoms. The third kappa shape index (κ3) is 3.88. The smallest absolute Gasteiger partial charge is 0.167 e. The summed E-state index contributed by atoms with van der Waals surface area (Å²) in [7, 11) is 0. The minimum absolute atomic E-state index is 0.00133. The van der Waals surface area contributed by atoms with Gasteiger partial charge in [0.1, 0.15) is 5.82 Å². The van der Waals surface area contributed by atoms with Gasteiger partial charge in [0.15, 0.2) is 17.3 Å². The van der Waals surface area contributed by atoms with Crippen LogP contribution < -0.4 is 4.74 Å². The van der Waals surface area contributed by atoms with Crippen molar-refractivity contribution < 1.29 is 18.3 Å². The van der Waals surface area contributed by atoms with Crippen LogP contribution in [-0.2, 0) is 0 Å². The molecule has 0 saturated heterocycles. The zero-order chi connectivity index (χ0) is 14.4. The highest BCUT2D eigenvalue weighted by molar-refractivity contribution is 5.95. The van der Waals surface area contributed by atoms with Gasteiger partial charge in [-0.2, -0.15) is 0 Å². The lowest BCUT2D eigenvalue weighted by atomic mass is 10.1. The fourth-order valence-electron chi connectivity index (χ4n) is 1.78. The first kappa shape index (κ1) is 14.2. The molecular formula is C16H14F2O2. The van der Waals surface area contributed by atoms with Crippen LogP contribution in [0.3, 0.4) is 0 Å². The fourth-order valence-corrected chi connectivity index (χ4v) is 1.78. The Morgan fingerprint density at radius 2 is 1.80 bits per heavy atom.